The third-order valence-electron chi connectivity index (χ3n) is 3.33. The molecule has 19 heavy (non-hydrogen) atoms. The topological polar surface area (TPSA) is 20.2 Å². The predicted octanol–water partition coefficient (Wildman–Crippen LogP) is 4.19. The summed E-state index contributed by atoms with van der Waals surface area (Å²) in [4.78, 5) is 0. The number of halogens is 2. The first-order valence-corrected chi connectivity index (χ1v) is 6.31. The lowest BCUT2D eigenvalue weighted by atomic mass is 9.87. The SMILES string of the molecule is CCC(c1ccccc1)C(O)c1cc(F)ccc1F. The summed E-state index contributed by atoms with van der Waals surface area (Å²) in [6.45, 7) is 1.91. The lowest BCUT2D eigenvalue weighted by Crippen LogP contribution is -2.12. The van der Waals surface area contributed by atoms with Gasteiger partial charge in [0.05, 0.1) is 6.10 Å². The Labute approximate surface area is 111 Å². The molecule has 0 amide bonds. The number of hydrogen-bond acceptors (Lipinski definition) is 1. The number of rotatable bonds is 4. The Bertz CT molecular complexity index is 540. The van der Waals surface area contributed by atoms with Crippen LogP contribution in [0.1, 0.15) is 36.5 Å². The number of benzene rings is 2. The smallest absolute Gasteiger partial charge is 0.129 e. The second-order valence-corrected chi connectivity index (χ2v) is 4.54. The van der Waals surface area contributed by atoms with Crippen molar-refractivity contribution in [2.24, 2.45) is 0 Å². The fraction of sp³-hybridized carbons (Fsp3) is 0.250. The van der Waals surface area contributed by atoms with Gasteiger partial charge in [-0.3, -0.25) is 0 Å². The number of aliphatic hydroxyl groups is 1. The van der Waals surface area contributed by atoms with E-state index in [0.29, 0.717) is 6.42 Å². The van der Waals surface area contributed by atoms with Crippen LogP contribution >= 0.6 is 0 Å². The third kappa shape index (κ3) is 2.99. The summed E-state index contributed by atoms with van der Waals surface area (Å²) in [5, 5.41) is 10.3. The molecule has 1 N–H and O–H groups in total. The highest BCUT2D eigenvalue weighted by Gasteiger charge is 2.24. The van der Waals surface area contributed by atoms with Crippen LogP contribution in [-0.4, -0.2) is 5.11 Å². The minimum atomic E-state index is -1.05. The highest BCUT2D eigenvalue weighted by Crippen LogP contribution is 2.34. The van der Waals surface area contributed by atoms with E-state index < -0.39 is 17.7 Å². The highest BCUT2D eigenvalue weighted by molar-refractivity contribution is 5.28. The molecular weight excluding hydrogens is 246 g/mol. The van der Waals surface area contributed by atoms with Crippen LogP contribution in [-0.2, 0) is 0 Å². The van der Waals surface area contributed by atoms with Crippen LogP contribution in [0.2, 0.25) is 0 Å². The van der Waals surface area contributed by atoms with E-state index >= 15 is 0 Å². The molecule has 0 aliphatic heterocycles. The molecule has 3 heteroatoms. The lowest BCUT2D eigenvalue weighted by Gasteiger charge is -2.23. The van der Waals surface area contributed by atoms with Gasteiger partial charge in [0.25, 0.3) is 0 Å². The molecule has 0 heterocycles. The van der Waals surface area contributed by atoms with Gasteiger partial charge >= 0.3 is 0 Å². The quantitative estimate of drug-likeness (QED) is 0.875. The average Bonchev–Trinajstić information content (AvgIpc) is 2.43. The highest BCUT2D eigenvalue weighted by atomic mass is 19.1. The van der Waals surface area contributed by atoms with Crippen LogP contribution in [0.3, 0.4) is 0 Å². The number of hydrogen-bond donors (Lipinski definition) is 1. The summed E-state index contributed by atoms with van der Waals surface area (Å²) in [5.74, 6) is -1.38. The van der Waals surface area contributed by atoms with Crippen molar-refractivity contribution in [3.63, 3.8) is 0 Å². The van der Waals surface area contributed by atoms with Gasteiger partial charge in [-0.15, -0.1) is 0 Å². The molecule has 2 atom stereocenters. The minimum absolute atomic E-state index is 0.00991. The Morgan fingerprint density at radius 3 is 2.37 bits per heavy atom. The molecule has 0 saturated carbocycles. The Hall–Kier alpha value is -1.74. The van der Waals surface area contributed by atoms with Crippen LogP contribution < -0.4 is 0 Å². The van der Waals surface area contributed by atoms with Gasteiger partial charge in [-0.25, -0.2) is 8.78 Å². The van der Waals surface area contributed by atoms with Crippen molar-refractivity contribution in [3.05, 3.63) is 71.3 Å². The van der Waals surface area contributed by atoms with Gasteiger partial charge in [-0.2, -0.15) is 0 Å². The van der Waals surface area contributed by atoms with Crippen LogP contribution in [0.25, 0.3) is 0 Å². The van der Waals surface area contributed by atoms with E-state index in [1.54, 1.807) is 0 Å². The summed E-state index contributed by atoms with van der Waals surface area (Å²) in [7, 11) is 0. The van der Waals surface area contributed by atoms with Crippen LogP contribution in [0, 0.1) is 11.6 Å². The van der Waals surface area contributed by atoms with Crippen molar-refractivity contribution < 1.29 is 13.9 Å². The van der Waals surface area contributed by atoms with E-state index in [0.717, 1.165) is 23.8 Å². The molecule has 0 aliphatic rings. The van der Waals surface area contributed by atoms with Crippen LogP contribution in [0.4, 0.5) is 8.78 Å². The average molecular weight is 262 g/mol. The molecule has 1 nitrogen and oxygen atoms in total. The zero-order chi connectivity index (χ0) is 13.8. The van der Waals surface area contributed by atoms with Gasteiger partial charge in [-0.1, -0.05) is 37.3 Å². The molecule has 2 unspecified atom stereocenters. The molecule has 0 aromatic heterocycles. The zero-order valence-electron chi connectivity index (χ0n) is 10.7. The van der Waals surface area contributed by atoms with Crippen molar-refractivity contribution >= 4 is 0 Å². The van der Waals surface area contributed by atoms with Crippen molar-refractivity contribution in [2.75, 3.05) is 0 Å². The molecule has 0 bridgehead atoms. The Balaban J connectivity index is 2.36. The Morgan fingerprint density at radius 1 is 1.05 bits per heavy atom. The van der Waals surface area contributed by atoms with Gasteiger partial charge in [0.2, 0.25) is 0 Å². The first-order valence-electron chi connectivity index (χ1n) is 6.31. The minimum Gasteiger partial charge on any atom is -0.388 e. The van der Waals surface area contributed by atoms with Gasteiger partial charge in [0.15, 0.2) is 0 Å². The molecule has 0 spiro atoms. The van der Waals surface area contributed by atoms with Crippen molar-refractivity contribution in [2.45, 2.75) is 25.4 Å². The van der Waals surface area contributed by atoms with Crippen molar-refractivity contribution in [1.82, 2.24) is 0 Å². The first-order chi connectivity index (χ1) is 9.13. The van der Waals surface area contributed by atoms with E-state index in [2.05, 4.69) is 0 Å². The number of aliphatic hydroxyl groups excluding tert-OH is 1. The fourth-order valence-corrected chi connectivity index (χ4v) is 2.30. The monoisotopic (exact) mass is 262 g/mol. The summed E-state index contributed by atoms with van der Waals surface area (Å²) in [6, 6.07) is 12.5. The molecule has 2 aromatic carbocycles. The molecule has 0 fully saturated rings. The van der Waals surface area contributed by atoms with Gasteiger partial charge in [0, 0.05) is 11.5 Å². The standard InChI is InChI=1S/C16H16F2O/c1-2-13(11-6-4-3-5-7-11)16(19)14-10-12(17)8-9-15(14)18/h3-10,13,16,19H,2H2,1H3. The molecule has 0 saturated heterocycles. The predicted molar refractivity (Wildman–Crippen MR) is 70.8 cm³/mol. The molecular formula is C16H16F2O. The van der Waals surface area contributed by atoms with E-state index in [-0.39, 0.29) is 11.5 Å². The normalized spacial score (nSPS) is 14.1. The molecule has 0 radical (unpaired) electrons. The van der Waals surface area contributed by atoms with Crippen LogP contribution in [0.5, 0.6) is 0 Å². The molecule has 0 aliphatic carbocycles. The second-order valence-electron chi connectivity index (χ2n) is 4.54. The molecule has 2 aromatic rings. The maximum atomic E-state index is 13.7. The van der Waals surface area contributed by atoms with Gasteiger partial charge in [-0.05, 0) is 30.2 Å². The van der Waals surface area contributed by atoms with Gasteiger partial charge in [0.1, 0.15) is 11.6 Å². The van der Waals surface area contributed by atoms with E-state index in [9.17, 15) is 13.9 Å². The fourth-order valence-electron chi connectivity index (χ4n) is 2.30. The summed E-state index contributed by atoms with van der Waals surface area (Å²) < 4.78 is 26.9. The third-order valence-corrected chi connectivity index (χ3v) is 3.33. The largest absolute Gasteiger partial charge is 0.388 e. The maximum Gasteiger partial charge on any atom is 0.129 e. The summed E-state index contributed by atoms with van der Waals surface area (Å²) in [5.41, 5.74) is 0.928. The summed E-state index contributed by atoms with van der Waals surface area (Å²) in [6.07, 6.45) is -0.413. The lowest BCUT2D eigenvalue weighted by molar-refractivity contribution is 0.138. The first kappa shape index (κ1) is 13.7. The summed E-state index contributed by atoms with van der Waals surface area (Å²) >= 11 is 0. The van der Waals surface area contributed by atoms with Gasteiger partial charge < -0.3 is 5.11 Å². The Kier molecular flexibility index (Phi) is 4.27. The Morgan fingerprint density at radius 2 is 1.74 bits per heavy atom. The maximum absolute atomic E-state index is 13.7. The zero-order valence-corrected chi connectivity index (χ0v) is 10.7. The second kappa shape index (κ2) is 5.93. The van der Waals surface area contributed by atoms with Crippen molar-refractivity contribution in [1.29, 1.82) is 0 Å². The van der Waals surface area contributed by atoms with E-state index in [1.165, 1.54) is 0 Å². The molecule has 100 valence electrons. The van der Waals surface area contributed by atoms with E-state index in [1.807, 2.05) is 37.3 Å². The molecule has 2 rings (SSSR count). The van der Waals surface area contributed by atoms with Crippen molar-refractivity contribution in [3.8, 4) is 0 Å². The van der Waals surface area contributed by atoms with Crippen LogP contribution in [0.15, 0.2) is 48.5 Å². The van der Waals surface area contributed by atoms with E-state index in [4.69, 9.17) is 0 Å².